The van der Waals surface area contributed by atoms with Crippen molar-refractivity contribution >= 4 is 5.91 Å². The highest BCUT2D eigenvalue weighted by Crippen LogP contribution is 2.50. The molecule has 3 fully saturated rings. The molecule has 3 aliphatic rings. The molecule has 1 amide bonds. The molecule has 170 valence electrons. The van der Waals surface area contributed by atoms with Crippen LogP contribution in [0.2, 0.25) is 0 Å². The van der Waals surface area contributed by atoms with Gasteiger partial charge in [-0.25, -0.2) is 0 Å². The Labute approximate surface area is 182 Å². The Morgan fingerprint density at radius 2 is 2.03 bits per heavy atom. The lowest BCUT2D eigenvalue weighted by atomic mass is 9.90. The van der Waals surface area contributed by atoms with E-state index in [2.05, 4.69) is 19.1 Å². The lowest BCUT2D eigenvalue weighted by Gasteiger charge is -2.26. The number of aliphatic hydroxyl groups is 2. The van der Waals surface area contributed by atoms with E-state index in [0.717, 1.165) is 70.9 Å². The summed E-state index contributed by atoms with van der Waals surface area (Å²) in [6.45, 7) is 4.96. The molecule has 0 aromatic carbocycles. The Hall–Kier alpha value is -1.17. The van der Waals surface area contributed by atoms with E-state index >= 15 is 0 Å². The minimum Gasteiger partial charge on any atom is -0.392 e. The van der Waals surface area contributed by atoms with Crippen molar-refractivity contribution < 1.29 is 19.7 Å². The lowest BCUT2D eigenvalue weighted by Crippen LogP contribution is -2.40. The number of hydrogen-bond donors (Lipinski definition) is 2. The average molecular weight is 420 g/mol. The molecule has 2 N–H and O–H groups in total. The van der Waals surface area contributed by atoms with Crippen molar-refractivity contribution in [2.45, 2.75) is 83.3 Å². The van der Waals surface area contributed by atoms with Crippen LogP contribution in [0, 0.1) is 17.8 Å². The van der Waals surface area contributed by atoms with E-state index in [4.69, 9.17) is 4.74 Å². The summed E-state index contributed by atoms with van der Waals surface area (Å²) in [6.07, 6.45) is 15.4. The Balaban J connectivity index is 1.41. The largest absolute Gasteiger partial charge is 0.392 e. The number of morpholine rings is 1. The fourth-order valence-corrected chi connectivity index (χ4v) is 5.43. The minimum absolute atomic E-state index is 0.171. The van der Waals surface area contributed by atoms with Crippen molar-refractivity contribution in [2.24, 2.45) is 17.8 Å². The van der Waals surface area contributed by atoms with E-state index in [1.54, 1.807) is 0 Å². The molecule has 2 saturated carbocycles. The molecule has 3 rings (SSSR count). The zero-order valence-electron chi connectivity index (χ0n) is 18.7. The van der Waals surface area contributed by atoms with Gasteiger partial charge in [0.2, 0.25) is 5.91 Å². The van der Waals surface area contributed by atoms with Crippen molar-refractivity contribution in [3.05, 3.63) is 23.8 Å². The molecule has 0 spiro atoms. The van der Waals surface area contributed by atoms with Gasteiger partial charge >= 0.3 is 0 Å². The van der Waals surface area contributed by atoms with Crippen LogP contribution in [0.1, 0.15) is 71.1 Å². The van der Waals surface area contributed by atoms with Crippen molar-refractivity contribution in [1.29, 1.82) is 0 Å². The maximum atomic E-state index is 12.2. The fraction of sp³-hybridized carbons (Fsp3) is 0.800. The summed E-state index contributed by atoms with van der Waals surface area (Å²) in [7, 11) is 0. The van der Waals surface area contributed by atoms with Gasteiger partial charge in [-0.05, 0) is 50.4 Å². The molecule has 0 aromatic rings. The van der Waals surface area contributed by atoms with Gasteiger partial charge in [0, 0.05) is 25.4 Å². The molecule has 1 aliphatic heterocycles. The Morgan fingerprint density at radius 3 is 2.80 bits per heavy atom. The Bertz CT molecular complexity index is 596. The molecule has 1 saturated heterocycles. The number of amides is 1. The molecule has 30 heavy (non-hydrogen) atoms. The molecule has 5 heteroatoms. The summed E-state index contributed by atoms with van der Waals surface area (Å²) in [5.74, 6) is 1.49. The van der Waals surface area contributed by atoms with Crippen LogP contribution in [-0.2, 0) is 9.53 Å². The van der Waals surface area contributed by atoms with Crippen molar-refractivity contribution in [2.75, 3.05) is 26.3 Å². The highest BCUT2D eigenvalue weighted by molar-refractivity contribution is 5.76. The smallest absolute Gasteiger partial charge is 0.222 e. The molecule has 0 bridgehead atoms. The SMILES string of the molecule is CCCCC[C@H](O)C=C[C@@H]1[C@H]2CC(=CCCCC(=O)N3CCOCC3)C[C@H]2C[C@H]1O. The second-order valence-electron chi connectivity index (χ2n) is 9.41. The van der Waals surface area contributed by atoms with Gasteiger partial charge in [0.1, 0.15) is 0 Å². The first-order chi connectivity index (χ1) is 14.6. The van der Waals surface area contributed by atoms with Crippen LogP contribution < -0.4 is 0 Å². The van der Waals surface area contributed by atoms with Crippen LogP contribution in [0.15, 0.2) is 23.8 Å². The predicted octanol–water partition coefficient (Wildman–Crippen LogP) is 3.85. The quantitative estimate of drug-likeness (QED) is 0.417. The van der Waals surface area contributed by atoms with Gasteiger partial charge in [0.25, 0.3) is 0 Å². The first kappa shape index (κ1) is 23.5. The Kier molecular flexibility index (Phi) is 9.41. The molecule has 1 heterocycles. The second-order valence-corrected chi connectivity index (χ2v) is 9.41. The summed E-state index contributed by atoms with van der Waals surface area (Å²) in [5, 5.41) is 20.7. The molecule has 2 aliphatic carbocycles. The average Bonchev–Trinajstić information content (AvgIpc) is 3.26. The van der Waals surface area contributed by atoms with Crippen LogP contribution in [0.25, 0.3) is 0 Å². The maximum absolute atomic E-state index is 12.2. The Morgan fingerprint density at radius 1 is 1.23 bits per heavy atom. The topological polar surface area (TPSA) is 70.0 Å². The number of rotatable bonds is 10. The lowest BCUT2D eigenvalue weighted by molar-refractivity contribution is -0.135. The zero-order valence-corrected chi connectivity index (χ0v) is 18.7. The highest BCUT2D eigenvalue weighted by atomic mass is 16.5. The number of carbonyl (C=O) groups excluding carboxylic acids is 1. The normalized spacial score (nSPS) is 31.6. The van der Waals surface area contributed by atoms with Gasteiger partial charge in [-0.15, -0.1) is 0 Å². The molecular formula is C25H41NO4. The molecular weight excluding hydrogens is 378 g/mol. The number of unbranched alkanes of at least 4 members (excludes halogenated alkanes) is 3. The highest BCUT2D eigenvalue weighted by Gasteiger charge is 2.44. The van der Waals surface area contributed by atoms with E-state index in [1.165, 1.54) is 5.57 Å². The van der Waals surface area contributed by atoms with E-state index in [0.29, 0.717) is 31.5 Å². The number of nitrogens with zero attached hydrogens (tertiary/aromatic N) is 1. The van der Waals surface area contributed by atoms with Crippen molar-refractivity contribution in [3.8, 4) is 0 Å². The predicted molar refractivity (Wildman–Crippen MR) is 119 cm³/mol. The van der Waals surface area contributed by atoms with E-state index < -0.39 is 0 Å². The van der Waals surface area contributed by atoms with Gasteiger partial charge in [-0.3, -0.25) is 4.79 Å². The first-order valence-electron chi connectivity index (χ1n) is 12.2. The van der Waals surface area contributed by atoms with E-state index in [-0.39, 0.29) is 24.0 Å². The summed E-state index contributed by atoms with van der Waals surface area (Å²) in [4.78, 5) is 14.2. The molecule has 0 unspecified atom stereocenters. The molecule has 0 aromatic heterocycles. The molecule has 0 radical (unpaired) electrons. The summed E-state index contributed by atoms with van der Waals surface area (Å²) < 4.78 is 5.31. The van der Waals surface area contributed by atoms with E-state index in [1.807, 2.05) is 11.0 Å². The van der Waals surface area contributed by atoms with Crippen LogP contribution in [0.5, 0.6) is 0 Å². The second kappa shape index (κ2) is 12.0. The van der Waals surface area contributed by atoms with E-state index in [9.17, 15) is 15.0 Å². The third-order valence-corrected chi connectivity index (χ3v) is 7.16. The van der Waals surface area contributed by atoms with Crippen molar-refractivity contribution in [3.63, 3.8) is 0 Å². The molecule has 5 atom stereocenters. The number of hydrogen-bond acceptors (Lipinski definition) is 4. The van der Waals surface area contributed by atoms with Crippen molar-refractivity contribution in [1.82, 2.24) is 4.90 Å². The van der Waals surface area contributed by atoms with Crippen LogP contribution >= 0.6 is 0 Å². The first-order valence-corrected chi connectivity index (χ1v) is 12.2. The standard InChI is InChI=1S/C25H41NO4/c1-2-3-4-8-21(27)10-11-22-23-17-19(16-20(23)18-24(22)28)7-5-6-9-25(29)26-12-14-30-15-13-26/h7,10-11,20-24,27-28H,2-6,8-9,12-18H2,1H3/t20-,21-,22+,23-,24+/m0/s1. The van der Waals surface area contributed by atoms with Crippen LogP contribution in [0.4, 0.5) is 0 Å². The molecule has 5 nitrogen and oxygen atoms in total. The van der Waals surface area contributed by atoms with Gasteiger partial charge in [-0.2, -0.15) is 0 Å². The number of fused-ring (bicyclic) bond motifs is 1. The number of allylic oxidation sites excluding steroid dienone is 2. The fourth-order valence-electron chi connectivity index (χ4n) is 5.43. The summed E-state index contributed by atoms with van der Waals surface area (Å²) in [6, 6.07) is 0. The summed E-state index contributed by atoms with van der Waals surface area (Å²) in [5.41, 5.74) is 1.50. The zero-order chi connectivity index (χ0) is 21.3. The third kappa shape index (κ3) is 6.66. The van der Waals surface area contributed by atoms with Gasteiger partial charge < -0.3 is 19.8 Å². The number of ether oxygens (including phenoxy) is 1. The third-order valence-electron chi connectivity index (χ3n) is 7.16. The summed E-state index contributed by atoms with van der Waals surface area (Å²) >= 11 is 0. The van der Waals surface area contributed by atoms with Gasteiger partial charge in [0.15, 0.2) is 0 Å². The minimum atomic E-state index is -0.386. The van der Waals surface area contributed by atoms with Crippen LogP contribution in [-0.4, -0.2) is 59.5 Å². The number of aliphatic hydroxyl groups excluding tert-OH is 2. The van der Waals surface area contributed by atoms with Gasteiger partial charge in [0.05, 0.1) is 25.4 Å². The monoisotopic (exact) mass is 419 g/mol. The number of carbonyl (C=O) groups is 1. The maximum Gasteiger partial charge on any atom is 0.222 e. The van der Waals surface area contributed by atoms with Crippen LogP contribution in [0.3, 0.4) is 0 Å². The van der Waals surface area contributed by atoms with Gasteiger partial charge in [-0.1, -0.05) is 50.0 Å².